The van der Waals surface area contributed by atoms with Gasteiger partial charge in [0.1, 0.15) is 0 Å². The van der Waals surface area contributed by atoms with E-state index in [1.54, 1.807) is 0 Å². The topological polar surface area (TPSA) is 46.2 Å². The minimum atomic E-state index is -0.357. The number of benzene rings is 1. The third-order valence-electron chi connectivity index (χ3n) is 3.34. The van der Waals surface area contributed by atoms with Gasteiger partial charge in [0.2, 0.25) is 0 Å². The SMILES string of the molecule is CCC(C)CC(O)C(CN)c1cccc(Br)c1. The van der Waals surface area contributed by atoms with Gasteiger partial charge in [-0.15, -0.1) is 0 Å². The monoisotopic (exact) mass is 299 g/mol. The first-order valence-electron chi connectivity index (χ1n) is 6.22. The van der Waals surface area contributed by atoms with Gasteiger partial charge in [0.15, 0.2) is 0 Å². The summed E-state index contributed by atoms with van der Waals surface area (Å²) in [6.45, 7) is 4.79. The van der Waals surface area contributed by atoms with Gasteiger partial charge < -0.3 is 10.8 Å². The molecular formula is C14H22BrNO. The molecule has 0 aliphatic heterocycles. The zero-order valence-corrected chi connectivity index (χ0v) is 12.2. The van der Waals surface area contributed by atoms with Gasteiger partial charge >= 0.3 is 0 Å². The first-order chi connectivity index (χ1) is 8.08. The molecule has 3 heteroatoms. The fourth-order valence-electron chi connectivity index (χ4n) is 2.00. The molecule has 0 saturated heterocycles. The molecule has 17 heavy (non-hydrogen) atoms. The maximum atomic E-state index is 10.3. The maximum absolute atomic E-state index is 10.3. The van der Waals surface area contributed by atoms with E-state index in [9.17, 15) is 5.11 Å². The van der Waals surface area contributed by atoms with Gasteiger partial charge in [-0.3, -0.25) is 0 Å². The molecule has 1 rings (SSSR count). The summed E-state index contributed by atoms with van der Waals surface area (Å²) in [4.78, 5) is 0. The Balaban J connectivity index is 2.77. The number of hydrogen-bond donors (Lipinski definition) is 2. The summed E-state index contributed by atoms with van der Waals surface area (Å²) in [6, 6.07) is 8.04. The zero-order valence-electron chi connectivity index (χ0n) is 10.6. The number of rotatable bonds is 6. The molecular weight excluding hydrogens is 278 g/mol. The lowest BCUT2D eigenvalue weighted by Crippen LogP contribution is -2.27. The average molecular weight is 300 g/mol. The van der Waals surface area contributed by atoms with Crippen LogP contribution in [0.5, 0.6) is 0 Å². The van der Waals surface area contributed by atoms with Crippen LogP contribution in [0.2, 0.25) is 0 Å². The summed E-state index contributed by atoms with van der Waals surface area (Å²) in [7, 11) is 0. The minimum absolute atomic E-state index is 0.0292. The second kappa shape index (κ2) is 7.14. The van der Waals surface area contributed by atoms with Crippen molar-refractivity contribution in [2.24, 2.45) is 11.7 Å². The molecule has 0 aliphatic rings. The van der Waals surface area contributed by atoms with Crippen molar-refractivity contribution in [1.82, 2.24) is 0 Å². The van der Waals surface area contributed by atoms with E-state index in [0.717, 1.165) is 22.9 Å². The molecule has 0 amide bonds. The molecule has 96 valence electrons. The normalized spacial score (nSPS) is 16.5. The summed E-state index contributed by atoms with van der Waals surface area (Å²) >= 11 is 3.45. The number of aliphatic hydroxyl groups is 1. The van der Waals surface area contributed by atoms with E-state index in [2.05, 4.69) is 29.8 Å². The summed E-state index contributed by atoms with van der Waals surface area (Å²) < 4.78 is 1.03. The number of halogens is 1. The van der Waals surface area contributed by atoms with E-state index in [1.165, 1.54) is 0 Å². The molecule has 1 aromatic rings. The summed E-state index contributed by atoms with van der Waals surface area (Å²) in [5.41, 5.74) is 6.91. The fourth-order valence-corrected chi connectivity index (χ4v) is 2.41. The van der Waals surface area contributed by atoms with E-state index in [-0.39, 0.29) is 12.0 Å². The molecule has 3 unspecified atom stereocenters. The van der Waals surface area contributed by atoms with Crippen LogP contribution in [0.3, 0.4) is 0 Å². The molecule has 0 aromatic heterocycles. The number of hydrogen-bond acceptors (Lipinski definition) is 2. The van der Waals surface area contributed by atoms with Crippen molar-refractivity contribution in [3.8, 4) is 0 Å². The summed E-state index contributed by atoms with van der Waals surface area (Å²) in [5.74, 6) is 0.563. The van der Waals surface area contributed by atoms with Crippen molar-refractivity contribution in [3.63, 3.8) is 0 Å². The van der Waals surface area contributed by atoms with Crippen LogP contribution in [0.1, 0.15) is 38.2 Å². The van der Waals surface area contributed by atoms with Crippen LogP contribution < -0.4 is 5.73 Å². The molecule has 2 nitrogen and oxygen atoms in total. The molecule has 0 aliphatic carbocycles. The first kappa shape index (κ1) is 14.7. The van der Waals surface area contributed by atoms with Crippen molar-refractivity contribution in [2.45, 2.75) is 38.7 Å². The second-order valence-corrected chi connectivity index (χ2v) is 5.63. The Morgan fingerprint density at radius 3 is 2.65 bits per heavy atom. The third-order valence-corrected chi connectivity index (χ3v) is 3.83. The van der Waals surface area contributed by atoms with Crippen molar-refractivity contribution < 1.29 is 5.11 Å². The highest BCUT2D eigenvalue weighted by Gasteiger charge is 2.21. The Bertz CT molecular complexity index is 343. The highest BCUT2D eigenvalue weighted by atomic mass is 79.9. The van der Waals surface area contributed by atoms with Crippen LogP contribution >= 0.6 is 15.9 Å². The van der Waals surface area contributed by atoms with Crippen LogP contribution in [-0.2, 0) is 0 Å². The molecule has 0 fully saturated rings. The minimum Gasteiger partial charge on any atom is -0.392 e. The maximum Gasteiger partial charge on any atom is 0.0623 e. The standard InChI is InChI=1S/C14H22BrNO/c1-3-10(2)7-14(17)13(9-16)11-5-4-6-12(15)8-11/h4-6,8,10,13-14,17H,3,7,9,16H2,1-2H3. The Labute approximate surface area is 112 Å². The van der Waals surface area contributed by atoms with Crippen molar-refractivity contribution in [3.05, 3.63) is 34.3 Å². The van der Waals surface area contributed by atoms with Crippen molar-refractivity contribution in [2.75, 3.05) is 6.54 Å². The second-order valence-electron chi connectivity index (χ2n) is 4.71. The van der Waals surface area contributed by atoms with Crippen molar-refractivity contribution >= 4 is 15.9 Å². The van der Waals surface area contributed by atoms with Gasteiger partial charge in [-0.2, -0.15) is 0 Å². The van der Waals surface area contributed by atoms with E-state index >= 15 is 0 Å². The Hall–Kier alpha value is -0.380. The Morgan fingerprint density at radius 2 is 2.12 bits per heavy atom. The van der Waals surface area contributed by atoms with Crippen LogP contribution in [0.15, 0.2) is 28.7 Å². The van der Waals surface area contributed by atoms with Crippen LogP contribution in [0.25, 0.3) is 0 Å². The molecule has 0 heterocycles. The van der Waals surface area contributed by atoms with Gasteiger partial charge in [-0.05, 0) is 30.0 Å². The Morgan fingerprint density at radius 1 is 1.41 bits per heavy atom. The van der Waals surface area contributed by atoms with Crippen LogP contribution in [0.4, 0.5) is 0 Å². The highest BCUT2D eigenvalue weighted by Crippen LogP contribution is 2.26. The molecule has 1 aromatic carbocycles. The lowest BCUT2D eigenvalue weighted by Gasteiger charge is -2.24. The lowest BCUT2D eigenvalue weighted by atomic mass is 9.87. The van der Waals surface area contributed by atoms with Gasteiger partial charge in [-0.25, -0.2) is 0 Å². The quantitative estimate of drug-likeness (QED) is 0.847. The smallest absolute Gasteiger partial charge is 0.0623 e. The number of aliphatic hydroxyl groups excluding tert-OH is 1. The summed E-state index contributed by atoms with van der Waals surface area (Å²) in [6.07, 6.45) is 1.54. The van der Waals surface area contributed by atoms with Crippen molar-refractivity contribution in [1.29, 1.82) is 0 Å². The molecule has 3 atom stereocenters. The predicted octanol–water partition coefficient (Wildman–Crippen LogP) is 3.29. The van der Waals surface area contributed by atoms with E-state index < -0.39 is 0 Å². The molecule has 0 spiro atoms. The highest BCUT2D eigenvalue weighted by molar-refractivity contribution is 9.10. The molecule has 3 N–H and O–H groups in total. The third kappa shape index (κ3) is 4.41. The molecule has 0 bridgehead atoms. The van der Waals surface area contributed by atoms with Gasteiger partial charge in [0.05, 0.1) is 6.10 Å². The Kier molecular flexibility index (Phi) is 6.17. The van der Waals surface area contributed by atoms with Gasteiger partial charge in [0, 0.05) is 16.9 Å². The fraction of sp³-hybridized carbons (Fsp3) is 0.571. The van der Waals surface area contributed by atoms with E-state index in [0.29, 0.717) is 12.5 Å². The van der Waals surface area contributed by atoms with Crippen LogP contribution in [0, 0.1) is 5.92 Å². The predicted molar refractivity (Wildman–Crippen MR) is 76.0 cm³/mol. The van der Waals surface area contributed by atoms with Crippen LogP contribution in [-0.4, -0.2) is 17.8 Å². The van der Waals surface area contributed by atoms with Gasteiger partial charge in [-0.1, -0.05) is 48.3 Å². The number of nitrogens with two attached hydrogens (primary N) is 1. The lowest BCUT2D eigenvalue weighted by molar-refractivity contribution is 0.118. The first-order valence-corrected chi connectivity index (χ1v) is 7.01. The van der Waals surface area contributed by atoms with E-state index in [1.807, 2.05) is 24.3 Å². The van der Waals surface area contributed by atoms with E-state index in [4.69, 9.17) is 5.73 Å². The van der Waals surface area contributed by atoms with Gasteiger partial charge in [0.25, 0.3) is 0 Å². The molecule has 0 radical (unpaired) electrons. The average Bonchev–Trinajstić information content (AvgIpc) is 2.30. The summed E-state index contributed by atoms with van der Waals surface area (Å²) in [5, 5.41) is 10.3. The zero-order chi connectivity index (χ0) is 12.8. The molecule has 0 saturated carbocycles. The largest absolute Gasteiger partial charge is 0.392 e.